The van der Waals surface area contributed by atoms with E-state index in [4.69, 9.17) is 4.99 Å². The van der Waals surface area contributed by atoms with Crippen LogP contribution in [0.25, 0.3) is 0 Å². The molecule has 3 atom stereocenters. The Hall–Kier alpha value is -2.07. The molecule has 2 aromatic rings. The molecule has 2 aromatic carbocycles. The lowest BCUT2D eigenvalue weighted by Gasteiger charge is -2.34. The number of benzene rings is 2. The van der Waals surface area contributed by atoms with Crippen LogP contribution in [0.15, 0.2) is 57.2 Å². The zero-order valence-electron chi connectivity index (χ0n) is 17.6. The third kappa shape index (κ3) is 4.28. The number of aliphatic imine (C=N–C) groups is 1. The summed E-state index contributed by atoms with van der Waals surface area (Å²) in [6.45, 7) is 6.74. The SMILES string of the molecule is CCCC1=Nc2cc(C(=O)NC3CCCC(C)C3C)ccc2Sc2ccccc21. The fraction of sp³-hybridized carbons (Fsp3) is 0.440. The van der Waals surface area contributed by atoms with Crippen LogP contribution in [-0.2, 0) is 0 Å². The van der Waals surface area contributed by atoms with Gasteiger partial charge in [0.25, 0.3) is 5.91 Å². The molecule has 0 spiro atoms. The Balaban J connectivity index is 1.62. The van der Waals surface area contributed by atoms with E-state index in [1.54, 1.807) is 11.8 Å². The van der Waals surface area contributed by atoms with Gasteiger partial charge in [0, 0.05) is 32.7 Å². The van der Waals surface area contributed by atoms with Gasteiger partial charge in [-0.1, -0.05) is 70.0 Å². The van der Waals surface area contributed by atoms with E-state index in [1.165, 1.54) is 23.3 Å². The summed E-state index contributed by atoms with van der Waals surface area (Å²) in [4.78, 5) is 20.3. The highest BCUT2D eigenvalue weighted by Crippen LogP contribution is 2.41. The van der Waals surface area contributed by atoms with Crippen molar-refractivity contribution >= 4 is 29.1 Å². The van der Waals surface area contributed by atoms with Crippen molar-refractivity contribution in [3.05, 3.63) is 53.6 Å². The van der Waals surface area contributed by atoms with E-state index in [0.717, 1.165) is 35.6 Å². The predicted octanol–water partition coefficient (Wildman–Crippen LogP) is 6.63. The lowest BCUT2D eigenvalue weighted by Crippen LogP contribution is -2.43. The molecule has 4 heteroatoms. The van der Waals surface area contributed by atoms with Crippen molar-refractivity contribution in [1.29, 1.82) is 0 Å². The molecule has 3 unspecified atom stereocenters. The van der Waals surface area contributed by atoms with Gasteiger partial charge in [0.2, 0.25) is 0 Å². The first kappa shape index (κ1) is 20.2. The summed E-state index contributed by atoms with van der Waals surface area (Å²) in [5, 5.41) is 3.30. The Labute approximate surface area is 178 Å². The first-order valence-corrected chi connectivity index (χ1v) is 11.7. The molecule has 1 fully saturated rings. The molecule has 1 N–H and O–H groups in total. The Morgan fingerprint density at radius 3 is 2.79 bits per heavy atom. The van der Waals surface area contributed by atoms with Gasteiger partial charge in [-0.3, -0.25) is 9.79 Å². The third-order valence-electron chi connectivity index (χ3n) is 6.40. The van der Waals surface area contributed by atoms with Gasteiger partial charge < -0.3 is 5.32 Å². The van der Waals surface area contributed by atoms with E-state index < -0.39 is 0 Å². The summed E-state index contributed by atoms with van der Waals surface area (Å²) in [6, 6.07) is 14.7. The quantitative estimate of drug-likeness (QED) is 0.619. The minimum Gasteiger partial charge on any atom is -0.349 e. The average Bonchev–Trinajstić information content (AvgIpc) is 2.87. The van der Waals surface area contributed by atoms with Crippen molar-refractivity contribution in [2.45, 2.75) is 68.7 Å². The van der Waals surface area contributed by atoms with E-state index in [0.29, 0.717) is 17.4 Å². The summed E-state index contributed by atoms with van der Waals surface area (Å²) < 4.78 is 0. The third-order valence-corrected chi connectivity index (χ3v) is 7.55. The number of nitrogens with one attached hydrogen (secondary N) is 1. The van der Waals surface area contributed by atoms with Crippen LogP contribution in [0.1, 0.15) is 68.8 Å². The van der Waals surface area contributed by atoms with Crippen LogP contribution in [0.5, 0.6) is 0 Å². The van der Waals surface area contributed by atoms with Gasteiger partial charge in [-0.15, -0.1) is 0 Å². The van der Waals surface area contributed by atoms with E-state index in [-0.39, 0.29) is 11.9 Å². The molecule has 1 aliphatic heterocycles. The van der Waals surface area contributed by atoms with E-state index in [9.17, 15) is 4.79 Å². The van der Waals surface area contributed by atoms with Crippen LogP contribution >= 0.6 is 11.8 Å². The van der Waals surface area contributed by atoms with Crippen molar-refractivity contribution in [3.63, 3.8) is 0 Å². The molecule has 1 amide bonds. The first-order valence-electron chi connectivity index (χ1n) is 10.9. The predicted molar refractivity (Wildman–Crippen MR) is 122 cm³/mol. The van der Waals surface area contributed by atoms with Crippen LogP contribution in [0.2, 0.25) is 0 Å². The average molecular weight is 407 g/mol. The zero-order valence-corrected chi connectivity index (χ0v) is 18.4. The lowest BCUT2D eigenvalue weighted by atomic mass is 9.78. The van der Waals surface area contributed by atoms with E-state index in [2.05, 4.69) is 56.4 Å². The van der Waals surface area contributed by atoms with E-state index in [1.807, 2.05) is 12.1 Å². The van der Waals surface area contributed by atoms with Crippen molar-refractivity contribution in [2.75, 3.05) is 0 Å². The molecule has 2 aliphatic rings. The summed E-state index contributed by atoms with van der Waals surface area (Å²) in [5.74, 6) is 1.21. The van der Waals surface area contributed by atoms with Crippen molar-refractivity contribution in [1.82, 2.24) is 5.32 Å². The van der Waals surface area contributed by atoms with Crippen molar-refractivity contribution < 1.29 is 4.79 Å². The second kappa shape index (κ2) is 8.74. The molecule has 0 aromatic heterocycles. The number of amides is 1. The van der Waals surface area contributed by atoms with Crippen LogP contribution in [-0.4, -0.2) is 17.7 Å². The van der Waals surface area contributed by atoms with Crippen molar-refractivity contribution in [2.24, 2.45) is 16.8 Å². The van der Waals surface area contributed by atoms with Crippen LogP contribution < -0.4 is 5.32 Å². The number of hydrogen-bond donors (Lipinski definition) is 1. The molecule has 4 rings (SSSR count). The maximum absolute atomic E-state index is 13.0. The second-order valence-electron chi connectivity index (χ2n) is 8.44. The normalized spacial score (nSPS) is 23.4. The number of hydrogen-bond acceptors (Lipinski definition) is 3. The monoisotopic (exact) mass is 406 g/mol. The Morgan fingerprint density at radius 1 is 1.14 bits per heavy atom. The maximum Gasteiger partial charge on any atom is 0.251 e. The molecule has 0 bridgehead atoms. The van der Waals surface area contributed by atoms with E-state index >= 15 is 0 Å². The number of rotatable bonds is 4. The highest BCUT2D eigenvalue weighted by molar-refractivity contribution is 7.99. The highest BCUT2D eigenvalue weighted by Gasteiger charge is 2.28. The molecule has 1 saturated carbocycles. The summed E-state index contributed by atoms with van der Waals surface area (Å²) in [6.07, 6.45) is 5.52. The number of fused-ring (bicyclic) bond motifs is 2. The fourth-order valence-electron chi connectivity index (χ4n) is 4.42. The smallest absolute Gasteiger partial charge is 0.251 e. The van der Waals surface area contributed by atoms with Gasteiger partial charge in [0.1, 0.15) is 0 Å². The van der Waals surface area contributed by atoms with Gasteiger partial charge in [-0.05, 0) is 48.9 Å². The summed E-state index contributed by atoms with van der Waals surface area (Å²) >= 11 is 1.74. The van der Waals surface area contributed by atoms with Gasteiger partial charge in [-0.25, -0.2) is 0 Å². The standard InChI is InChI=1S/C25H30N2OS/c1-4-8-21-19-10-5-6-12-23(19)29-24-14-13-18(15-22(24)26-21)25(28)27-20-11-7-9-16(2)17(20)3/h5-6,10,12-17,20H,4,7-9,11H2,1-3H3,(H,27,28). The lowest BCUT2D eigenvalue weighted by molar-refractivity contribution is 0.0891. The summed E-state index contributed by atoms with van der Waals surface area (Å²) in [5.41, 5.74) is 3.95. The Morgan fingerprint density at radius 2 is 1.97 bits per heavy atom. The number of carbonyl (C=O) groups excluding carboxylic acids is 1. The molecular formula is C25H30N2OS. The Bertz CT molecular complexity index is 936. The van der Waals surface area contributed by atoms with Crippen LogP contribution in [0, 0.1) is 11.8 Å². The molecule has 0 saturated heterocycles. The molecule has 1 heterocycles. The number of nitrogens with zero attached hydrogens (tertiary/aromatic N) is 1. The van der Waals surface area contributed by atoms with Gasteiger partial charge in [0.15, 0.2) is 0 Å². The van der Waals surface area contributed by atoms with Gasteiger partial charge in [-0.2, -0.15) is 0 Å². The molecule has 152 valence electrons. The fourth-order valence-corrected chi connectivity index (χ4v) is 5.44. The van der Waals surface area contributed by atoms with Crippen LogP contribution in [0.3, 0.4) is 0 Å². The zero-order chi connectivity index (χ0) is 20.4. The molecule has 3 nitrogen and oxygen atoms in total. The minimum absolute atomic E-state index is 0.0257. The largest absolute Gasteiger partial charge is 0.349 e. The van der Waals surface area contributed by atoms with Crippen LogP contribution in [0.4, 0.5) is 5.69 Å². The maximum atomic E-state index is 13.0. The summed E-state index contributed by atoms with van der Waals surface area (Å²) in [7, 11) is 0. The van der Waals surface area contributed by atoms with Gasteiger partial charge >= 0.3 is 0 Å². The molecule has 29 heavy (non-hydrogen) atoms. The minimum atomic E-state index is 0.0257. The Kier molecular flexibility index (Phi) is 6.09. The highest BCUT2D eigenvalue weighted by atomic mass is 32.2. The topological polar surface area (TPSA) is 41.5 Å². The van der Waals surface area contributed by atoms with Gasteiger partial charge in [0.05, 0.1) is 5.69 Å². The first-order chi connectivity index (χ1) is 14.1. The van der Waals surface area contributed by atoms with Crippen molar-refractivity contribution in [3.8, 4) is 0 Å². The molecule has 1 aliphatic carbocycles. The second-order valence-corrected chi connectivity index (χ2v) is 9.52. The molecular weight excluding hydrogens is 376 g/mol. The number of carbonyl (C=O) groups is 1. The molecule has 0 radical (unpaired) electrons.